The molecule has 0 heterocycles. The van der Waals surface area contributed by atoms with Crippen LogP contribution in [0.15, 0.2) is 24.3 Å². The number of benzene rings is 1. The lowest BCUT2D eigenvalue weighted by atomic mass is 9.83. The van der Waals surface area contributed by atoms with Crippen LogP contribution >= 0.6 is 11.6 Å². The number of halogens is 1. The molecule has 0 saturated heterocycles. The zero-order valence-corrected chi connectivity index (χ0v) is 13.4. The van der Waals surface area contributed by atoms with Crippen LogP contribution in [-0.4, -0.2) is 30.8 Å². The summed E-state index contributed by atoms with van der Waals surface area (Å²) in [5.41, 5.74) is -0.223. The van der Waals surface area contributed by atoms with E-state index in [0.29, 0.717) is 17.3 Å². The number of nitrogens with one attached hydrogen (secondary N) is 1. The fourth-order valence-corrected chi connectivity index (χ4v) is 2.16. The van der Waals surface area contributed by atoms with Crippen LogP contribution in [0.4, 0.5) is 0 Å². The van der Waals surface area contributed by atoms with Crippen LogP contribution in [0.1, 0.15) is 33.1 Å². The van der Waals surface area contributed by atoms with Gasteiger partial charge >= 0.3 is 0 Å². The maximum atomic E-state index is 11.8. The fourth-order valence-electron chi connectivity index (χ4n) is 1.97. The molecular formula is C16H24ClNO3. The SMILES string of the molecule is CCC(CC)(CO)CNC(=O)CCOc1ccccc1Cl. The summed E-state index contributed by atoms with van der Waals surface area (Å²) in [5.74, 6) is 0.501. The largest absolute Gasteiger partial charge is 0.491 e. The van der Waals surface area contributed by atoms with Crippen LogP contribution < -0.4 is 10.1 Å². The molecule has 4 nitrogen and oxygen atoms in total. The van der Waals surface area contributed by atoms with Gasteiger partial charge in [0.2, 0.25) is 5.91 Å². The lowest BCUT2D eigenvalue weighted by molar-refractivity contribution is -0.122. The van der Waals surface area contributed by atoms with E-state index in [0.717, 1.165) is 12.8 Å². The molecule has 2 N–H and O–H groups in total. The van der Waals surface area contributed by atoms with Crippen molar-refractivity contribution in [2.24, 2.45) is 5.41 Å². The number of hydrogen-bond acceptors (Lipinski definition) is 3. The Kier molecular flexibility index (Phi) is 7.54. The van der Waals surface area contributed by atoms with Crippen molar-refractivity contribution in [3.8, 4) is 5.75 Å². The highest BCUT2D eigenvalue weighted by molar-refractivity contribution is 6.32. The average molecular weight is 314 g/mol. The number of carbonyl (C=O) groups excluding carboxylic acids is 1. The maximum absolute atomic E-state index is 11.8. The maximum Gasteiger partial charge on any atom is 0.223 e. The van der Waals surface area contributed by atoms with Gasteiger partial charge < -0.3 is 15.2 Å². The fraction of sp³-hybridized carbons (Fsp3) is 0.562. The summed E-state index contributed by atoms with van der Waals surface area (Å²) in [6.07, 6.45) is 1.92. The van der Waals surface area contributed by atoms with Gasteiger partial charge in [-0.1, -0.05) is 37.6 Å². The van der Waals surface area contributed by atoms with Crippen LogP contribution in [0.2, 0.25) is 5.02 Å². The van der Waals surface area contributed by atoms with Crippen molar-refractivity contribution in [1.29, 1.82) is 0 Å². The van der Waals surface area contributed by atoms with E-state index in [9.17, 15) is 9.90 Å². The molecule has 0 fully saturated rings. The van der Waals surface area contributed by atoms with Gasteiger partial charge in [0.25, 0.3) is 0 Å². The van der Waals surface area contributed by atoms with Gasteiger partial charge in [-0.05, 0) is 25.0 Å². The molecule has 0 radical (unpaired) electrons. The van der Waals surface area contributed by atoms with Crippen LogP contribution in [0.3, 0.4) is 0 Å². The van der Waals surface area contributed by atoms with E-state index in [1.807, 2.05) is 26.0 Å². The minimum Gasteiger partial charge on any atom is -0.491 e. The summed E-state index contributed by atoms with van der Waals surface area (Å²) < 4.78 is 5.48. The number of ether oxygens (including phenoxy) is 1. The summed E-state index contributed by atoms with van der Waals surface area (Å²) in [4.78, 5) is 11.8. The average Bonchev–Trinajstić information content (AvgIpc) is 2.51. The highest BCUT2D eigenvalue weighted by atomic mass is 35.5. The molecule has 0 aliphatic heterocycles. The molecule has 0 spiro atoms. The molecule has 21 heavy (non-hydrogen) atoms. The van der Waals surface area contributed by atoms with Crippen molar-refractivity contribution in [3.63, 3.8) is 0 Å². The molecule has 0 bridgehead atoms. The van der Waals surface area contributed by atoms with E-state index in [1.54, 1.807) is 12.1 Å². The van der Waals surface area contributed by atoms with Crippen molar-refractivity contribution in [3.05, 3.63) is 29.3 Å². The molecule has 1 aromatic rings. The Hall–Kier alpha value is -1.26. The van der Waals surface area contributed by atoms with E-state index in [4.69, 9.17) is 16.3 Å². The Balaban J connectivity index is 2.33. The first-order valence-corrected chi connectivity index (χ1v) is 7.69. The molecule has 0 atom stereocenters. The van der Waals surface area contributed by atoms with Crippen molar-refractivity contribution < 1.29 is 14.6 Å². The molecule has 1 aromatic carbocycles. The summed E-state index contributed by atoms with van der Waals surface area (Å²) in [5, 5.41) is 12.9. The van der Waals surface area contributed by atoms with Crippen molar-refractivity contribution >= 4 is 17.5 Å². The first-order valence-electron chi connectivity index (χ1n) is 7.32. The van der Waals surface area contributed by atoms with Gasteiger partial charge in [-0.25, -0.2) is 0 Å². The van der Waals surface area contributed by atoms with Crippen molar-refractivity contribution in [2.75, 3.05) is 19.8 Å². The van der Waals surface area contributed by atoms with Crippen LogP contribution in [0, 0.1) is 5.41 Å². The van der Waals surface area contributed by atoms with Crippen LogP contribution in [-0.2, 0) is 4.79 Å². The van der Waals surface area contributed by atoms with Crippen LogP contribution in [0.25, 0.3) is 0 Å². The number of hydrogen-bond donors (Lipinski definition) is 2. The summed E-state index contributed by atoms with van der Waals surface area (Å²) >= 11 is 5.96. The summed E-state index contributed by atoms with van der Waals surface area (Å²) in [7, 11) is 0. The van der Waals surface area contributed by atoms with Crippen molar-refractivity contribution in [1.82, 2.24) is 5.32 Å². The zero-order chi connectivity index (χ0) is 15.7. The summed E-state index contributed by atoms with van der Waals surface area (Å²) in [6.45, 7) is 4.89. The minimum atomic E-state index is -0.223. The number of aliphatic hydroxyl groups excluding tert-OH is 1. The Morgan fingerprint density at radius 1 is 1.33 bits per heavy atom. The molecule has 0 aromatic heterocycles. The topological polar surface area (TPSA) is 58.6 Å². The lowest BCUT2D eigenvalue weighted by Crippen LogP contribution is -2.39. The smallest absolute Gasteiger partial charge is 0.223 e. The number of aliphatic hydroxyl groups is 1. The first kappa shape index (κ1) is 17.8. The molecule has 0 saturated carbocycles. The number of amides is 1. The third-order valence-electron chi connectivity index (χ3n) is 3.92. The van der Waals surface area contributed by atoms with E-state index >= 15 is 0 Å². The Morgan fingerprint density at radius 2 is 2.00 bits per heavy atom. The second kappa shape index (κ2) is 8.90. The van der Waals surface area contributed by atoms with E-state index in [-0.39, 0.29) is 31.0 Å². The van der Waals surface area contributed by atoms with Gasteiger partial charge in [0.05, 0.1) is 24.7 Å². The second-order valence-corrected chi connectivity index (χ2v) is 5.58. The number of carbonyl (C=O) groups is 1. The monoisotopic (exact) mass is 313 g/mol. The predicted octanol–water partition coefficient (Wildman–Crippen LogP) is 3.02. The zero-order valence-electron chi connectivity index (χ0n) is 12.7. The van der Waals surface area contributed by atoms with Gasteiger partial charge in [-0.2, -0.15) is 0 Å². The molecule has 1 rings (SSSR count). The second-order valence-electron chi connectivity index (χ2n) is 5.17. The van der Waals surface area contributed by atoms with Gasteiger partial charge in [0.1, 0.15) is 5.75 Å². The van der Waals surface area contributed by atoms with Crippen LogP contribution in [0.5, 0.6) is 5.75 Å². The Bertz CT molecular complexity index is 439. The first-order chi connectivity index (χ1) is 10.1. The molecule has 0 unspecified atom stereocenters. The van der Waals surface area contributed by atoms with Gasteiger partial charge in [0.15, 0.2) is 0 Å². The van der Waals surface area contributed by atoms with Gasteiger partial charge in [-0.15, -0.1) is 0 Å². The van der Waals surface area contributed by atoms with E-state index in [1.165, 1.54) is 0 Å². The standard InChI is InChI=1S/C16H24ClNO3/c1-3-16(4-2,12-19)11-18-15(20)9-10-21-14-8-6-5-7-13(14)17/h5-8,19H,3-4,9-12H2,1-2H3,(H,18,20). The Labute approximate surface area is 131 Å². The molecule has 1 amide bonds. The number of rotatable bonds is 9. The van der Waals surface area contributed by atoms with E-state index < -0.39 is 0 Å². The normalized spacial score (nSPS) is 11.2. The third kappa shape index (κ3) is 5.56. The van der Waals surface area contributed by atoms with Gasteiger partial charge in [0, 0.05) is 12.0 Å². The van der Waals surface area contributed by atoms with E-state index in [2.05, 4.69) is 5.32 Å². The minimum absolute atomic E-state index is 0.0798. The Morgan fingerprint density at radius 3 is 2.57 bits per heavy atom. The molecule has 0 aliphatic carbocycles. The quantitative estimate of drug-likeness (QED) is 0.737. The van der Waals surface area contributed by atoms with Gasteiger partial charge in [-0.3, -0.25) is 4.79 Å². The highest BCUT2D eigenvalue weighted by Gasteiger charge is 2.25. The lowest BCUT2D eigenvalue weighted by Gasteiger charge is -2.29. The predicted molar refractivity (Wildman–Crippen MR) is 84.7 cm³/mol. The van der Waals surface area contributed by atoms with Crippen molar-refractivity contribution in [2.45, 2.75) is 33.1 Å². The molecular weight excluding hydrogens is 290 g/mol. The summed E-state index contributed by atoms with van der Waals surface area (Å²) in [6, 6.07) is 7.17. The molecule has 0 aliphatic rings. The molecule has 5 heteroatoms. The molecule has 118 valence electrons. The third-order valence-corrected chi connectivity index (χ3v) is 4.23. The highest BCUT2D eigenvalue weighted by Crippen LogP contribution is 2.24. The number of para-hydroxylation sites is 1.